The highest BCUT2D eigenvalue weighted by Crippen LogP contribution is 2.42. The SMILES string of the molecule is CCOP(=O)(O)COc1ccccc1OC. The van der Waals surface area contributed by atoms with Crippen molar-refractivity contribution in [2.75, 3.05) is 20.1 Å². The number of rotatable bonds is 6. The minimum absolute atomic E-state index is 0.170. The molecule has 1 rings (SSSR count). The smallest absolute Gasteiger partial charge is 0.365 e. The molecule has 0 heterocycles. The van der Waals surface area contributed by atoms with Crippen molar-refractivity contribution in [3.05, 3.63) is 24.3 Å². The maximum absolute atomic E-state index is 11.4. The van der Waals surface area contributed by atoms with E-state index in [1.165, 1.54) is 7.11 Å². The average Bonchev–Trinajstić information content (AvgIpc) is 2.27. The largest absolute Gasteiger partial charge is 0.493 e. The number of benzene rings is 1. The zero-order valence-electron chi connectivity index (χ0n) is 9.25. The molecule has 16 heavy (non-hydrogen) atoms. The molecule has 0 aliphatic rings. The van der Waals surface area contributed by atoms with E-state index in [2.05, 4.69) is 4.52 Å². The summed E-state index contributed by atoms with van der Waals surface area (Å²) in [5.74, 6) is 0.929. The molecular formula is C10H15O5P. The molecule has 1 aromatic carbocycles. The van der Waals surface area contributed by atoms with Crippen LogP contribution in [-0.2, 0) is 9.09 Å². The Hall–Kier alpha value is -1.03. The van der Waals surface area contributed by atoms with Crippen molar-refractivity contribution in [1.82, 2.24) is 0 Å². The van der Waals surface area contributed by atoms with Gasteiger partial charge in [0.15, 0.2) is 17.8 Å². The van der Waals surface area contributed by atoms with Gasteiger partial charge < -0.3 is 18.9 Å². The molecule has 6 heteroatoms. The lowest BCUT2D eigenvalue weighted by Crippen LogP contribution is -2.02. The van der Waals surface area contributed by atoms with Gasteiger partial charge in [-0.3, -0.25) is 4.57 Å². The molecule has 90 valence electrons. The third kappa shape index (κ3) is 3.85. The Balaban J connectivity index is 2.64. The predicted octanol–water partition coefficient (Wildman–Crippen LogP) is 2.25. The van der Waals surface area contributed by atoms with Crippen LogP contribution in [0.5, 0.6) is 11.5 Å². The van der Waals surface area contributed by atoms with Gasteiger partial charge in [-0.15, -0.1) is 0 Å². The topological polar surface area (TPSA) is 65.0 Å². The molecule has 1 unspecified atom stereocenters. The summed E-state index contributed by atoms with van der Waals surface area (Å²) in [5, 5.41) is 0. The van der Waals surface area contributed by atoms with Gasteiger partial charge in [-0.1, -0.05) is 12.1 Å². The molecule has 0 spiro atoms. The summed E-state index contributed by atoms with van der Waals surface area (Å²) in [6, 6.07) is 6.90. The van der Waals surface area contributed by atoms with E-state index in [1.807, 2.05) is 0 Å². The van der Waals surface area contributed by atoms with Crippen LogP contribution in [0.4, 0.5) is 0 Å². The van der Waals surface area contributed by atoms with Crippen molar-refractivity contribution in [2.24, 2.45) is 0 Å². The van der Waals surface area contributed by atoms with Gasteiger partial charge in [-0.25, -0.2) is 0 Å². The van der Waals surface area contributed by atoms with Crippen LogP contribution in [0.25, 0.3) is 0 Å². The van der Waals surface area contributed by atoms with Gasteiger partial charge in [0.05, 0.1) is 13.7 Å². The van der Waals surface area contributed by atoms with Crippen LogP contribution < -0.4 is 9.47 Å². The molecule has 0 aliphatic carbocycles. The van der Waals surface area contributed by atoms with Gasteiger partial charge in [0.25, 0.3) is 0 Å². The van der Waals surface area contributed by atoms with Crippen molar-refractivity contribution < 1.29 is 23.5 Å². The molecular weight excluding hydrogens is 231 g/mol. The average molecular weight is 246 g/mol. The lowest BCUT2D eigenvalue weighted by molar-refractivity contribution is 0.237. The number of hydrogen-bond acceptors (Lipinski definition) is 4. The fourth-order valence-corrected chi connectivity index (χ4v) is 1.91. The second kappa shape index (κ2) is 5.89. The van der Waals surface area contributed by atoms with Crippen molar-refractivity contribution in [2.45, 2.75) is 6.92 Å². The van der Waals surface area contributed by atoms with Crippen LogP contribution >= 0.6 is 7.60 Å². The Labute approximate surface area is 94.5 Å². The van der Waals surface area contributed by atoms with E-state index in [0.717, 1.165) is 0 Å². The second-order valence-corrected chi connectivity index (χ2v) is 4.77. The van der Waals surface area contributed by atoms with Crippen molar-refractivity contribution in [3.63, 3.8) is 0 Å². The zero-order chi connectivity index (χ0) is 12.0. The van der Waals surface area contributed by atoms with E-state index in [-0.39, 0.29) is 13.0 Å². The van der Waals surface area contributed by atoms with E-state index in [9.17, 15) is 9.46 Å². The van der Waals surface area contributed by atoms with Gasteiger partial charge >= 0.3 is 7.60 Å². The fourth-order valence-electron chi connectivity index (χ4n) is 1.13. The molecule has 0 bridgehead atoms. The van der Waals surface area contributed by atoms with Gasteiger partial charge in [0, 0.05) is 0 Å². The van der Waals surface area contributed by atoms with Crippen molar-refractivity contribution in [3.8, 4) is 11.5 Å². The Morgan fingerprint density at radius 1 is 1.31 bits per heavy atom. The lowest BCUT2D eigenvalue weighted by atomic mass is 10.3. The molecule has 5 nitrogen and oxygen atoms in total. The quantitative estimate of drug-likeness (QED) is 0.780. The van der Waals surface area contributed by atoms with Gasteiger partial charge in [-0.05, 0) is 19.1 Å². The van der Waals surface area contributed by atoms with Crippen molar-refractivity contribution in [1.29, 1.82) is 0 Å². The van der Waals surface area contributed by atoms with Crippen LogP contribution in [0.3, 0.4) is 0 Å². The number of para-hydroxylation sites is 2. The van der Waals surface area contributed by atoms with Crippen molar-refractivity contribution >= 4 is 7.60 Å². The maximum Gasteiger partial charge on any atom is 0.365 e. The molecule has 1 atom stereocenters. The van der Waals surface area contributed by atoms with Crippen LogP contribution in [0, 0.1) is 0 Å². The van der Waals surface area contributed by atoms with Gasteiger partial charge in [0.2, 0.25) is 0 Å². The third-order valence-electron chi connectivity index (χ3n) is 1.78. The summed E-state index contributed by atoms with van der Waals surface area (Å²) < 4.78 is 26.2. The summed E-state index contributed by atoms with van der Waals surface area (Å²) in [6.45, 7) is 1.81. The minimum Gasteiger partial charge on any atom is -0.493 e. The van der Waals surface area contributed by atoms with Gasteiger partial charge in [0.1, 0.15) is 0 Å². The minimum atomic E-state index is -3.67. The van der Waals surface area contributed by atoms with Crippen LogP contribution in [0.2, 0.25) is 0 Å². The molecule has 0 saturated carbocycles. The highest BCUT2D eigenvalue weighted by molar-refractivity contribution is 7.52. The Morgan fingerprint density at radius 3 is 2.50 bits per heavy atom. The first-order chi connectivity index (χ1) is 7.59. The predicted molar refractivity (Wildman–Crippen MR) is 59.9 cm³/mol. The third-order valence-corrected chi connectivity index (χ3v) is 2.90. The molecule has 0 aliphatic heterocycles. The molecule has 0 radical (unpaired) electrons. The summed E-state index contributed by atoms with van der Waals surface area (Å²) in [5.41, 5.74) is 0. The molecule has 0 fully saturated rings. The molecule has 0 saturated heterocycles. The van der Waals surface area contributed by atoms with E-state index in [4.69, 9.17) is 9.47 Å². The van der Waals surface area contributed by atoms with E-state index >= 15 is 0 Å². The monoisotopic (exact) mass is 246 g/mol. The van der Waals surface area contributed by atoms with Crippen LogP contribution in [0.1, 0.15) is 6.92 Å². The maximum atomic E-state index is 11.4. The summed E-state index contributed by atoms with van der Waals surface area (Å²) >= 11 is 0. The zero-order valence-corrected chi connectivity index (χ0v) is 10.1. The first-order valence-corrected chi connectivity index (χ1v) is 6.57. The molecule has 1 N–H and O–H groups in total. The van der Waals surface area contributed by atoms with Crippen LogP contribution in [-0.4, -0.2) is 25.0 Å². The Kier molecular flexibility index (Phi) is 4.80. The van der Waals surface area contributed by atoms with Gasteiger partial charge in [-0.2, -0.15) is 0 Å². The first-order valence-electron chi connectivity index (χ1n) is 4.81. The number of methoxy groups -OCH3 is 1. The Morgan fingerprint density at radius 2 is 1.94 bits per heavy atom. The molecule has 0 aromatic heterocycles. The van der Waals surface area contributed by atoms with E-state index in [1.54, 1.807) is 31.2 Å². The van der Waals surface area contributed by atoms with E-state index in [0.29, 0.717) is 11.5 Å². The molecule has 1 aromatic rings. The van der Waals surface area contributed by atoms with E-state index < -0.39 is 7.60 Å². The highest BCUT2D eigenvalue weighted by Gasteiger charge is 2.20. The fraction of sp³-hybridized carbons (Fsp3) is 0.400. The standard InChI is InChI=1S/C10H15O5P/c1-3-15-16(11,12)8-14-10-7-5-4-6-9(10)13-2/h4-7H,3,8H2,1-2H3,(H,11,12). The normalized spacial score (nSPS) is 14.2. The Bertz CT molecular complexity index is 379. The molecule has 0 amide bonds. The number of ether oxygens (including phenoxy) is 2. The second-order valence-electron chi connectivity index (χ2n) is 2.98. The summed E-state index contributed by atoms with van der Waals surface area (Å²) in [6.07, 6.45) is -0.388. The van der Waals surface area contributed by atoms with Crippen LogP contribution in [0.15, 0.2) is 24.3 Å². The first kappa shape index (κ1) is 13.0. The summed E-state index contributed by atoms with van der Waals surface area (Å²) in [7, 11) is -2.16. The highest BCUT2D eigenvalue weighted by atomic mass is 31.2. The number of hydrogen-bond donors (Lipinski definition) is 1. The summed E-state index contributed by atoms with van der Waals surface area (Å²) in [4.78, 5) is 9.31. The lowest BCUT2D eigenvalue weighted by Gasteiger charge is -2.13.